The van der Waals surface area contributed by atoms with E-state index in [0.717, 1.165) is 18.5 Å². The molecular weight excluding hydrogens is 380 g/mol. The molecule has 0 spiro atoms. The fourth-order valence-corrected chi connectivity index (χ4v) is 4.35. The number of piperidine rings is 1. The zero-order valence-electron chi connectivity index (χ0n) is 16.5. The zero-order chi connectivity index (χ0) is 20.5. The SMILES string of the molecule is COc1cc(C(=O)N2CCC([C@@H]3C[C@H](C(F)F)n4nc(C)cc4N3)CC2)ccn1. The minimum atomic E-state index is -2.46. The van der Waals surface area contributed by atoms with Crippen molar-refractivity contribution in [1.82, 2.24) is 19.7 Å². The summed E-state index contributed by atoms with van der Waals surface area (Å²) in [5.74, 6) is 1.24. The summed E-state index contributed by atoms with van der Waals surface area (Å²) in [6.45, 7) is 3.01. The van der Waals surface area contributed by atoms with E-state index < -0.39 is 12.5 Å². The molecule has 1 amide bonds. The summed E-state index contributed by atoms with van der Waals surface area (Å²) in [6.07, 6.45) is 0.983. The molecule has 29 heavy (non-hydrogen) atoms. The Balaban J connectivity index is 1.41. The zero-order valence-corrected chi connectivity index (χ0v) is 16.5. The Labute approximate surface area is 168 Å². The van der Waals surface area contributed by atoms with Crippen LogP contribution in [0.25, 0.3) is 0 Å². The van der Waals surface area contributed by atoms with Crippen molar-refractivity contribution in [2.45, 2.75) is 44.7 Å². The lowest BCUT2D eigenvalue weighted by atomic mass is 9.85. The summed E-state index contributed by atoms with van der Waals surface area (Å²) >= 11 is 0. The van der Waals surface area contributed by atoms with Crippen molar-refractivity contribution >= 4 is 11.7 Å². The Kier molecular flexibility index (Phi) is 5.38. The molecule has 2 aliphatic rings. The first kappa shape index (κ1) is 19.6. The number of nitrogens with one attached hydrogen (secondary N) is 1. The number of amides is 1. The predicted octanol–water partition coefficient (Wildman–Crippen LogP) is 3.14. The lowest BCUT2D eigenvalue weighted by Crippen LogP contribution is -2.46. The molecule has 0 saturated carbocycles. The van der Waals surface area contributed by atoms with Gasteiger partial charge in [-0.2, -0.15) is 5.10 Å². The van der Waals surface area contributed by atoms with Gasteiger partial charge >= 0.3 is 0 Å². The van der Waals surface area contributed by atoms with E-state index in [1.165, 1.54) is 11.8 Å². The summed E-state index contributed by atoms with van der Waals surface area (Å²) in [7, 11) is 1.51. The van der Waals surface area contributed by atoms with E-state index in [2.05, 4.69) is 15.4 Å². The fourth-order valence-electron chi connectivity index (χ4n) is 4.35. The first-order chi connectivity index (χ1) is 14.0. The quantitative estimate of drug-likeness (QED) is 0.846. The van der Waals surface area contributed by atoms with E-state index in [9.17, 15) is 13.6 Å². The van der Waals surface area contributed by atoms with Crippen LogP contribution in [0.3, 0.4) is 0 Å². The van der Waals surface area contributed by atoms with Crippen LogP contribution in [0.2, 0.25) is 0 Å². The number of fused-ring (bicyclic) bond motifs is 1. The number of rotatable bonds is 4. The normalized spacial score (nSPS) is 22.3. The fraction of sp³-hybridized carbons (Fsp3) is 0.550. The van der Waals surface area contributed by atoms with Crippen molar-refractivity contribution < 1.29 is 18.3 Å². The van der Waals surface area contributed by atoms with E-state index in [0.29, 0.717) is 36.8 Å². The molecule has 1 saturated heterocycles. The molecule has 0 radical (unpaired) electrons. The van der Waals surface area contributed by atoms with Crippen LogP contribution in [0.1, 0.15) is 41.4 Å². The average molecular weight is 405 g/mol. The molecule has 4 rings (SSSR count). The smallest absolute Gasteiger partial charge is 0.260 e. The number of carbonyl (C=O) groups is 1. The van der Waals surface area contributed by atoms with E-state index in [-0.39, 0.29) is 17.9 Å². The topological polar surface area (TPSA) is 72.3 Å². The number of aromatic nitrogens is 3. The van der Waals surface area contributed by atoms with Gasteiger partial charge in [-0.3, -0.25) is 4.79 Å². The standard InChI is InChI=1S/C20H25F2N5O2/c1-12-9-17-24-15(11-16(19(21)22)27(17)25-12)13-4-7-26(8-5-13)20(28)14-3-6-23-18(10-14)29-2/h3,6,9-10,13,15-16,19,24H,4-5,7-8,11H2,1-2H3/t15-,16+/m0/s1. The van der Waals surface area contributed by atoms with Crippen LogP contribution in [0, 0.1) is 12.8 Å². The maximum absolute atomic E-state index is 13.6. The first-order valence-electron chi connectivity index (χ1n) is 9.86. The molecule has 1 N–H and O–H groups in total. The molecule has 156 valence electrons. The van der Waals surface area contributed by atoms with Crippen LogP contribution in [-0.4, -0.2) is 58.2 Å². The van der Waals surface area contributed by atoms with Crippen molar-refractivity contribution in [3.8, 4) is 5.88 Å². The number of likely N-dealkylation sites (tertiary alicyclic amines) is 1. The number of anilines is 1. The van der Waals surface area contributed by atoms with Gasteiger partial charge in [0.1, 0.15) is 11.9 Å². The molecule has 0 aliphatic carbocycles. The molecule has 2 aliphatic heterocycles. The number of aryl methyl sites for hydroxylation is 1. The third-order valence-corrected chi connectivity index (χ3v) is 5.88. The Morgan fingerprint density at radius 1 is 1.31 bits per heavy atom. The molecule has 4 heterocycles. The summed E-state index contributed by atoms with van der Waals surface area (Å²) in [4.78, 5) is 18.6. The summed E-state index contributed by atoms with van der Waals surface area (Å²) in [5.41, 5.74) is 1.27. The minimum Gasteiger partial charge on any atom is -0.481 e. The van der Waals surface area contributed by atoms with Gasteiger partial charge in [0.2, 0.25) is 5.88 Å². The molecule has 0 bridgehead atoms. The third kappa shape index (κ3) is 3.90. The summed E-state index contributed by atoms with van der Waals surface area (Å²) in [6, 6.07) is 4.17. The minimum absolute atomic E-state index is 0.0455. The van der Waals surface area contributed by atoms with Crippen LogP contribution in [0.5, 0.6) is 5.88 Å². The Bertz CT molecular complexity index is 880. The van der Waals surface area contributed by atoms with E-state index in [1.54, 1.807) is 18.3 Å². The van der Waals surface area contributed by atoms with Gasteiger partial charge in [-0.1, -0.05) is 0 Å². The van der Waals surface area contributed by atoms with Crippen molar-refractivity contribution in [3.63, 3.8) is 0 Å². The maximum atomic E-state index is 13.6. The summed E-state index contributed by atoms with van der Waals surface area (Å²) in [5, 5.41) is 7.62. The molecule has 9 heteroatoms. The number of carbonyl (C=O) groups excluding carboxylic acids is 1. The van der Waals surface area contributed by atoms with Crippen LogP contribution in [-0.2, 0) is 0 Å². The van der Waals surface area contributed by atoms with Crippen molar-refractivity contribution in [2.75, 3.05) is 25.5 Å². The van der Waals surface area contributed by atoms with Gasteiger partial charge in [0.15, 0.2) is 0 Å². The van der Waals surface area contributed by atoms with Crippen molar-refractivity contribution in [2.24, 2.45) is 5.92 Å². The molecule has 0 unspecified atom stereocenters. The van der Waals surface area contributed by atoms with Crippen LogP contribution in [0.15, 0.2) is 24.4 Å². The number of ether oxygens (including phenoxy) is 1. The highest BCUT2D eigenvalue weighted by atomic mass is 19.3. The number of nitrogens with zero attached hydrogens (tertiary/aromatic N) is 4. The Morgan fingerprint density at radius 3 is 2.76 bits per heavy atom. The molecule has 1 fully saturated rings. The lowest BCUT2D eigenvalue weighted by molar-refractivity contribution is 0.0538. The van der Waals surface area contributed by atoms with Crippen molar-refractivity contribution in [1.29, 1.82) is 0 Å². The number of hydrogen-bond donors (Lipinski definition) is 1. The van der Waals surface area contributed by atoms with E-state index in [4.69, 9.17) is 4.74 Å². The number of hydrogen-bond acceptors (Lipinski definition) is 5. The lowest BCUT2D eigenvalue weighted by Gasteiger charge is -2.40. The van der Waals surface area contributed by atoms with Gasteiger partial charge in [0.05, 0.1) is 12.8 Å². The molecular formula is C20H25F2N5O2. The number of halogens is 2. The van der Waals surface area contributed by atoms with Gasteiger partial charge in [-0.25, -0.2) is 18.4 Å². The largest absolute Gasteiger partial charge is 0.481 e. The molecule has 2 aromatic rings. The summed E-state index contributed by atoms with van der Waals surface area (Å²) < 4.78 is 33.7. The molecule has 7 nitrogen and oxygen atoms in total. The third-order valence-electron chi connectivity index (χ3n) is 5.88. The number of methoxy groups -OCH3 is 1. The highest BCUT2D eigenvalue weighted by molar-refractivity contribution is 5.94. The Morgan fingerprint density at radius 2 is 2.07 bits per heavy atom. The molecule has 2 atom stereocenters. The highest BCUT2D eigenvalue weighted by Crippen LogP contribution is 2.37. The number of pyridine rings is 1. The second-order valence-electron chi connectivity index (χ2n) is 7.72. The average Bonchev–Trinajstić information content (AvgIpc) is 3.12. The molecule has 0 aromatic carbocycles. The van der Waals surface area contributed by atoms with Gasteiger partial charge in [-0.15, -0.1) is 0 Å². The molecule has 2 aromatic heterocycles. The van der Waals surface area contributed by atoms with E-state index >= 15 is 0 Å². The Hall–Kier alpha value is -2.71. The van der Waals surface area contributed by atoms with Gasteiger partial charge in [0, 0.05) is 43.0 Å². The highest BCUT2D eigenvalue weighted by Gasteiger charge is 2.38. The van der Waals surface area contributed by atoms with Crippen LogP contribution >= 0.6 is 0 Å². The van der Waals surface area contributed by atoms with Crippen molar-refractivity contribution in [3.05, 3.63) is 35.7 Å². The van der Waals surface area contributed by atoms with Gasteiger partial charge < -0.3 is 15.0 Å². The maximum Gasteiger partial charge on any atom is 0.260 e. The monoisotopic (exact) mass is 405 g/mol. The van der Waals surface area contributed by atoms with Gasteiger partial charge in [0.25, 0.3) is 12.3 Å². The number of alkyl halides is 2. The second-order valence-corrected chi connectivity index (χ2v) is 7.72. The van der Waals surface area contributed by atoms with Crippen LogP contribution in [0.4, 0.5) is 14.6 Å². The predicted molar refractivity (Wildman–Crippen MR) is 103 cm³/mol. The van der Waals surface area contributed by atoms with Crippen LogP contribution < -0.4 is 10.1 Å². The first-order valence-corrected chi connectivity index (χ1v) is 9.86. The second kappa shape index (κ2) is 7.96. The van der Waals surface area contributed by atoms with E-state index in [1.807, 2.05) is 17.9 Å². The van der Waals surface area contributed by atoms with Gasteiger partial charge in [-0.05, 0) is 38.2 Å².